The Morgan fingerprint density at radius 3 is 2.33 bits per heavy atom. The van der Waals surface area contributed by atoms with E-state index in [0.717, 1.165) is 41.2 Å². The highest BCUT2D eigenvalue weighted by atomic mass is 35.5. The molecule has 1 saturated heterocycles. The second-order valence-electron chi connectivity index (χ2n) is 7.71. The molecule has 0 spiro atoms. The van der Waals surface area contributed by atoms with E-state index in [0.29, 0.717) is 0 Å². The second kappa shape index (κ2) is 6.59. The van der Waals surface area contributed by atoms with Crippen LogP contribution < -0.4 is 5.32 Å². The molecule has 0 radical (unpaired) electrons. The van der Waals surface area contributed by atoms with Crippen LogP contribution in [0.5, 0.6) is 0 Å². The summed E-state index contributed by atoms with van der Waals surface area (Å²) in [6.07, 6.45) is 7.01. The minimum absolute atomic E-state index is 0.152. The number of anilines is 1. The third kappa shape index (κ3) is 2.79. The highest BCUT2D eigenvalue weighted by molar-refractivity contribution is 7.75. The summed E-state index contributed by atoms with van der Waals surface area (Å²) < 4.78 is 2.54. The fourth-order valence-electron chi connectivity index (χ4n) is 4.47. The first kappa shape index (κ1) is 18.2. The van der Waals surface area contributed by atoms with Gasteiger partial charge in [-0.15, -0.1) is 0 Å². The summed E-state index contributed by atoms with van der Waals surface area (Å²) >= 11 is 6.14. The van der Waals surface area contributed by atoms with Gasteiger partial charge >= 0.3 is 0 Å². The van der Waals surface area contributed by atoms with Gasteiger partial charge in [0.05, 0.1) is 20.2 Å². The number of hydrogen-bond donors (Lipinski definition) is 1. The third-order valence-electron chi connectivity index (χ3n) is 6.34. The molecule has 2 aliphatic rings. The molecule has 0 bridgehead atoms. The van der Waals surface area contributed by atoms with Gasteiger partial charge in [0, 0.05) is 24.3 Å². The van der Waals surface area contributed by atoms with E-state index in [1.165, 1.54) is 25.4 Å². The quantitative estimate of drug-likeness (QED) is 0.753. The Morgan fingerprint density at radius 2 is 1.83 bits per heavy atom. The van der Waals surface area contributed by atoms with Crippen LogP contribution in [0.15, 0.2) is 12.1 Å². The molecule has 132 valence electrons. The van der Waals surface area contributed by atoms with Gasteiger partial charge in [0.25, 0.3) is 5.91 Å². The van der Waals surface area contributed by atoms with Gasteiger partial charge in [0.15, 0.2) is 5.16 Å². The smallest absolute Gasteiger partial charge is 0.269 e. The van der Waals surface area contributed by atoms with Crippen LogP contribution in [-0.4, -0.2) is 42.2 Å². The first-order valence-corrected chi connectivity index (χ1v) is 11.7. The zero-order valence-electron chi connectivity index (χ0n) is 15.3. The lowest BCUT2D eigenvalue weighted by atomic mass is 9.83. The van der Waals surface area contributed by atoms with E-state index in [4.69, 9.17) is 11.6 Å². The van der Waals surface area contributed by atoms with Crippen molar-refractivity contribution < 1.29 is 4.79 Å². The molecule has 1 N–H and O–H groups in total. The van der Waals surface area contributed by atoms with Crippen molar-refractivity contribution >= 4 is 30.6 Å². The van der Waals surface area contributed by atoms with Crippen LogP contribution in [0.3, 0.4) is 0 Å². The van der Waals surface area contributed by atoms with Gasteiger partial charge in [-0.05, 0) is 69.2 Å². The molecular weight excluding hydrogens is 339 g/mol. The summed E-state index contributed by atoms with van der Waals surface area (Å²) in [6, 6.07) is 3.86. The number of nitrogens with one attached hydrogen (secondary N) is 1. The van der Waals surface area contributed by atoms with Crippen molar-refractivity contribution in [3.8, 4) is 0 Å². The van der Waals surface area contributed by atoms with Gasteiger partial charge < -0.3 is 5.32 Å². The maximum absolute atomic E-state index is 13.4. The molecule has 1 aliphatic heterocycles. The highest BCUT2D eigenvalue weighted by Gasteiger charge is 2.66. The van der Waals surface area contributed by atoms with E-state index >= 15 is 0 Å². The van der Waals surface area contributed by atoms with Gasteiger partial charge in [0.1, 0.15) is 0 Å². The minimum atomic E-state index is -1.43. The number of hydrogen-bond acceptors (Lipinski definition) is 2. The van der Waals surface area contributed by atoms with Crippen LogP contribution in [0.4, 0.5) is 5.69 Å². The van der Waals surface area contributed by atoms with Gasteiger partial charge in [-0.3, -0.25) is 4.79 Å². The van der Waals surface area contributed by atoms with Gasteiger partial charge in [-0.2, -0.15) is 4.67 Å². The summed E-state index contributed by atoms with van der Waals surface area (Å²) in [6.45, 7) is 7.59. The van der Waals surface area contributed by atoms with Crippen molar-refractivity contribution in [2.24, 2.45) is 0 Å². The average Bonchev–Trinajstić information content (AvgIpc) is 2.45. The van der Waals surface area contributed by atoms with Crippen molar-refractivity contribution in [3.05, 3.63) is 28.3 Å². The molecular formula is C19H29ClN2OP+. The lowest BCUT2D eigenvalue weighted by molar-refractivity contribution is -0.120. The summed E-state index contributed by atoms with van der Waals surface area (Å²) in [4.78, 5) is 13.4. The summed E-state index contributed by atoms with van der Waals surface area (Å²) in [5, 5.41) is 3.87. The zero-order chi connectivity index (χ0) is 17.5. The molecule has 1 aromatic rings. The van der Waals surface area contributed by atoms with E-state index in [9.17, 15) is 4.79 Å². The van der Waals surface area contributed by atoms with Gasteiger partial charge in [0.2, 0.25) is 0 Å². The van der Waals surface area contributed by atoms with Gasteiger partial charge in [-0.1, -0.05) is 11.6 Å². The maximum Gasteiger partial charge on any atom is 0.269 e. The van der Waals surface area contributed by atoms with Crippen LogP contribution >= 0.6 is 19.0 Å². The van der Waals surface area contributed by atoms with Crippen molar-refractivity contribution in [1.29, 1.82) is 0 Å². The Bertz CT molecular complexity index is 636. The fraction of sp³-hybridized carbons (Fsp3) is 0.632. The van der Waals surface area contributed by atoms with Crippen LogP contribution in [0.1, 0.15) is 43.2 Å². The van der Waals surface area contributed by atoms with Crippen LogP contribution in [0.25, 0.3) is 0 Å². The number of benzene rings is 1. The van der Waals surface area contributed by atoms with E-state index in [1.54, 1.807) is 0 Å². The third-order valence-corrected chi connectivity index (χ3v) is 11.9. The maximum atomic E-state index is 13.4. The minimum Gasteiger partial charge on any atom is -0.322 e. The van der Waals surface area contributed by atoms with Gasteiger partial charge in [-0.25, -0.2) is 0 Å². The Kier molecular flexibility index (Phi) is 4.99. The highest BCUT2D eigenvalue weighted by Crippen LogP contribution is 2.75. The lowest BCUT2D eigenvalue weighted by Gasteiger charge is -2.51. The lowest BCUT2D eigenvalue weighted by Crippen LogP contribution is -2.55. The van der Waals surface area contributed by atoms with Crippen molar-refractivity contribution in [3.63, 3.8) is 0 Å². The number of amides is 1. The molecule has 1 unspecified atom stereocenters. The molecule has 2 fully saturated rings. The molecule has 0 aromatic heterocycles. The number of aryl methyl sites for hydroxylation is 2. The van der Waals surface area contributed by atoms with E-state index in [1.807, 2.05) is 26.0 Å². The number of carbonyl (C=O) groups excluding carboxylic acids is 1. The SMILES string of the molecule is Cc1cc(Cl)cc(C)c1NC(=O)C1([P+]2(C)CCCCN2C)CCC1. The predicted octanol–water partition coefficient (Wildman–Crippen LogP) is 5.11. The van der Waals surface area contributed by atoms with Crippen molar-refractivity contribution in [2.45, 2.75) is 51.1 Å². The zero-order valence-corrected chi connectivity index (χ0v) is 16.9. The van der Waals surface area contributed by atoms with Crippen LogP contribution in [-0.2, 0) is 4.79 Å². The summed E-state index contributed by atoms with van der Waals surface area (Å²) in [5.41, 5.74) is 3.04. The number of nitrogens with zero attached hydrogens (tertiary/aromatic N) is 1. The van der Waals surface area contributed by atoms with Crippen molar-refractivity contribution in [2.75, 3.05) is 31.7 Å². The molecule has 24 heavy (non-hydrogen) atoms. The molecule has 5 heteroatoms. The Labute approximate surface area is 151 Å². The molecule has 3 nitrogen and oxygen atoms in total. The van der Waals surface area contributed by atoms with Crippen LogP contribution in [0, 0.1) is 13.8 Å². The van der Waals surface area contributed by atoms with E-state index in [2.05, 4.69) is 23.7 Å². The standard InChI is InChI=1S/C19H28ClN2OP/c1-14-12-16(20)13-15(2)17(14)21-18(23)19(8-7-9-19)24(4)11-6-5-10-22(24)3/h12-13H,5-11H2,1-4H3/p+1. The second-order valence-corrected chi connectivity index (χ2v) is 12.4. The number of rotatable bonds is 3. The Balaban J connectivity index is 1.90. The molecule has 3 rings (SSSR count). The van der Waals surface area contributed by atoms with Crippen LogP contribution in [0.2, 0.25) is 5.02 Å². The Hall–Kier alpha value is -0.630. The van der Waals surface area contributed by atoms with E-state index < -0.39 is 7.41 Å². The molecule has 1 atom stereocenters. The first-order valence-electron chi connectivity index (χ1n) is 8.96. The number of halogens is 1. The number of carbonyl (C=O) groups is 1. The summed E-state index contributed by atoms with van der Waals surface area (Å²) in [7, 11) is 0.808. The molecule has 1 amide bonds. The molecule has 1 aromatic carbocycles. The van der Waals surface area contributed by atoms with Crippen molar-refractivity contribution in [1.82, 2.24) is 4.67 Å². The molecule has 1 heterocycles. The molecule has 1 aliphatic carbocycles. The molecule has 1 saturated carbocycles. The topological polar surface area (TPSA) is 32.3 Å². The largest absolute Gasteiger partial charge is 0.322 e. The average molecular weight is 368 g/mol. The predicted molar refractivity (Wildman–Crippen MR) is 106 cm³/mol. The summed E-state index contributed by atoms with van der Waals surface area (Å²) in [5.74, 6) is 0.242. The fourth-order valence-corrected chi connectivity index (χ4v) is 9.42. The normalized spacial score (nSPS) is 26.7. The van der Waals surface area contributed by atoms with E-state index in [-0.39, 0.29) is 11.1 Å². The monoisotopic (exact) mass is 367 g/mol. The Morgan fingerprint density at radius 1 is 1.21 bits per heavy atom. The first-order chi connectivity index (χ1) is 11.3.